The summed E-state index contributed by atoms with van der Waals surface area (Å²) < 4.78 is 6.19. The van der Waals surface area contributed by atoms with Crippen LogP contribution in [0.5, 0.6) is 0 Å². The molecule has 5 unspecified atom stereocenters. The maximum Gasteiger partial charge on any atom is 0.309 e. The molecular weight excluding hydrogens is 592 g/mol. The molecule has 4 nitrogen and oxygen atoms in total. The third kappa shape index (κ3) is 5.22. The van der Waals surface area contributed by atoms with E-state index in [0.29, 0.717) is 29.6 Å². The van der Waals surface area contributed by atoms with Gasteiger partial charge in [-0.05, 0) is 149 Å². The molecule has 10 atom stereocenters. The molecule has 5 aliphatic carbocycles. The van der Waals surface area contributed by atoms with Gasteiger partial charge in [-0.3, -0.25) is 9.59 Å². The molecule has 1 N–H and O–H groups in total. The average molecular weight is 655 g/mol. The van der Waals surface area contributed by atoms with Crippen LogP contribution in [0.2, 0.25) is 0 Å². The number of ether oxygens (including phenoxy) is 1. The maximum atomic E-state index is 13.1. The van der Waals surface area contributed by atoms with Crippen LogP contribution in [0.15, 0.2) is 36.4 Å². The number of rotatable bonds is 5. The third-order valence-corrected chi connectivity index (χ3v) is 16.0. The van der Waals surface area contributed by atoms with E-state index >= 15 is 0 Å². The molecule has 5 aliphatic rings. The van der Waals surface area contributed by atoms with E-state index in [0.717, 1.165) is 19.3 Å². The van der Waals surface area contributed by atoms with Gasteiger partial charge < -0.3 is 9.84 Å². The smallest absolute Gasteiger partial charge is 0.309 e. The predicted octanol–water partition coefficient (Wildman–Crippen LogP) is 10.4. The molecule has 4 heteroatoms. The molecule has 6 rings (SSSR count). The van der Waals surface area contributed by atoms with Crippen LogP contribution in [-0.2, 0) is 14.3 Å². The fraction of sp³-hybridized carbons (Fsp3) is 0.727. The van der Waals surface area contributed by atoms with Crippen LogP contribution in [0.4, 0.5) is 0 Å². The van der Waals surface area contributed by atoms with Gasteiger partial charge in [0, 0.05) is 16.4 Å². The Morgan fingerprint density at radius 1 is 0.917 bits per heavy atom. The number of fused-ring (bicyclic) bond motifs is 7. The molecule has 0 aliphatic heterocycles. The molecule has 0 bridgehead atoms. The number of hydrogen-bond acceptors (Lipinski definition) is 3. The number of allylic oxidation sites excluding steroid dienone is 1. The lowest BCUT2D eigenvalue weighted by atomic mass is 9.32. The first kappa shape index (κ1) is 35.3. The molecule has 0 radical (unpaired) electrons. The predicted molar refractivity (Wildman–Crippen MR) is 193 cm³/mol. The van der Waals surface area contributed by atoms with E-state index in [1.165, 1.54) is 61.6 Å². The monoisotopic (exact) mass is 654 g/mol. The van der Waals surface area contributed by atoms with Gasteiger partial charge >= 0.3 is 11.9 Å². The molecule has 1 aromatic carbocycles. The number of carboxylic acids is 1. The minimum atomic E-state index is -1.13. The van der Waals surface area contributed by atoms with Crippen LogP contribution in [0, 0.1) is 80.8 Å². The maximum absolute atomic E-state index is 13.1. The van der Waals surface area contributed by atoms with Crippen molar-refractivity contribution in [3.05, 3.63) is 47.5 Å². The summed E-state index contributed by atoms with van der Waals surface area (Å²) in [5, 5.41) is 9.60. The molecule has 0 saturated heterocycles. The van der Waals surface area contributed by atoms with Crippen molar-refractivity contribution in [1.82, 2.24) is 0 Å². The van der Waals surface area contributed by atoms with Crippen molar-refractivity contribution in [2.75, 3.05) is 0 Å². The van der Waals surface area contributed by atoms with E-state index in [2.05, 4.69) is 91.2 Å². The van der Waals surface area contributed by atoms with Gasteiger partial charge in [-0.25, -0.2) is 0 Å². The second-order valence-corrected chi connectivity index (χ2v) is 19.1. The summed E-state index contributed by atoms with van der Waals surface area (Å²) in [5.41, 5.74) is 3.23. The zero-order valence-electron chi connectivity index (χ0n) is 31.4. The van der Waals surface area contributed by atoms with Gasteiger partial charge in [-0.2, -0.15) is 0 Å². The minimum Gasteiger partial charge on any atom is -0.481 e. The molecular formula is C44H62O4. The Kier molecular flexibility index (Phi) is 8.66. The van der Waals surface area contributed by atoms with Crippen molar-refractivity contribution in [2.24, 2.45) is 62.1 Å². The Hall–Kier alpha value is -2.54. The highest BCUT2D eigenvalue weighted by molar-refractivity contribution is 5.81. The summed E-state index contributed by atoms with van der Waals surface area (Å²) in [6, 6.07) is 8.59. The van der Waals surface area contributed by atoms with Crippen LogP contribution in [0.25, 0.3) is 0 Å². The summed E-state index contributed by atoms with van der Waals surface area (Å²) >= 11 is 0. The molecule has 5 fully saturated rings. The van der Waals surface area contributed by atoms with E-state index < -0.39 is 11.4 Å². The molecule has 0 heterocycles. The fourth-order valence-corrected chi connectivity index (χ4v) is 13.1. The normalized spacial score (nSPS) is 41.4. The van der Waals surface area contributed by atoms with Crippen molar-refractivity contribution < 1.29 is 19.4 Å². The molecule has 262 valence electrons. The van der Waals surface area contributed by atoms with Gasteiger partial charge in [-0.1, -0.05) is 76.8 Å². The summed E-state index contributed by atoms with van der Waals surface area (Å²) in [4.78, 5) is 24.8. The zero-order chi connectivity index (χ0) is 35.1. The molecule has 1 aromatic rings. The summed E-state index contributed by atoms with van der Waals surface area (Å²) in [7, 11) is 0. The minimum absolute atomic E-state index is 0.0690. The number of esters is 1. The molecule has 0 aromatic heterocycles. The molecule has 0 amide bonds. The van der Waals surface area contributed by atoms with Gasteiger partial charge in [0.15, 0.2) is 0 Å². The lowest BCUT2D eigenvalue weighted by molar-refractivity contribution is -0.247. The third-order valence-electron chi connectivity index (χ3n) is 16.0. The number of aryl methyl sites for hydroxylation is 1. The largest absolute Gasteiger partial charge is 0.481 e. The van der Waals surface area contributed by atoms with E-state index in [-0.39, 0.29) is 45.6 Å². The number of carbonyl (C=O) groups is 2. The van der Waals surface area contributed by atoms with E-state index in [1.54, 1.807) is 13.8 Å². The van der Waals surface area contributed by atoms with E-state index in [1.807, 2.05) is 0 Å². The van der Waals surface area contributed by atoms with Crippen molar-refractivity contribution in [3.8, 4) is 11.8 Å². The summed E-state index contributed by atoms with van der Waals surface area (Å²) in [6.45, 7) is 24.8. The summed E-state index contributed by atoms with van der Waals surface area (Å²) in [6.07, 6.45) is 11.4. The quantitative estimate of drug-likeness (QED) is 0.195. The van der Waals surface area contributed by atoms with Gasteiger partial charge in [0.2, 0.25) is 0 Å². The molecule has 0 spiro atoms. The number of carboxylic acid groups (broad SMARTS) is 1. The van der Waals surface area contributed by atoms with Crippen molar-refractivity contribution in [2.45, 2.75) is 139 Å². The highest BCUT2D eigenvalue weighted by Crippen LogP contribution is 2.77. The first-order valence-corrected chi connectivity index (χ1v) is 19.0. The van der Waals surface area contributed by atoms with Crippen LogP contribution in [0.1, 0.15) is 137 Å². The standard InChI is InChI=1S/C44H62O4/c1-28(2)31-18-24-44(23-17-30-14-12-11-13-29(30)3)26-25-42(9)32(37(31)44)15-16-34-41(8)21-20-35(48-36(45)27-39(4,5)38(46)47)40(6,7)33(41)19-22-43(34,42)10/h11-14,31-35,37H,1,15-16,18-22,24-27H2,2-10H3,(H,46,47)/t31-,32?,33?,34?,35-,37?,41-,42+,43+,44?/m0/s1. The van der Waals surface area contributed by atoms with E-state index in [9.17, 15) is 14.7 Å². The van der Waals surface area contributed by atoms with Crippen molar-refractivity contribution in [1.29, 1.82) is 0 Å². The van der Waals surface area contributed by atoms with Crippen LogP contribution < -0.4 is 0 Å². The first-order valence-electron chi connectivity index (χ1n) is 19.0. The Labute approximate surface area is 291 Å². The van der Waals surface area contributed by atoms with Gasteiger partial charge in [-0.15, -0.1) is 0 Å². The lowest BCUT2D eigenvalue weighted by Gasteiger charge is -2.72. The number of carbonyl (C=O) groups excluding carboxylic acids is 1. The topological polar surface area (TPSA) is 63.6 Å². The SMILES string of the molecule is C=C(C)[C@@H]1CCC2(C#Cc3ccccc3C)CC[C@]3(C)C(CCC4[C@@]5(C)CC[C@H](OC(=O)CC(C)(C)C(=O)O)C(C)(C)C5CC[C@]43C)C12. The van der Waals surface area contributed by atoms with Crippen LogP contribution >= 0.6 is 0 Å². The summed E-state index contributed by atoms with van der Waals surface area (Å²) in [5.74, 6) is 9.23. The Bertz CT molecular complexity index is 1540. The van der Waals surface area contributed by atoms with E-state index in [4.69, 9.17) is 4.74 Å². The number of aliphatic carboxylic acids is 1. The number of hydrogen-bond donors (Lipinski definition) is 1. The van der Waals surface area contributed by atoms with Gasteiger partial charge in [0.25, 0.3) is 0 Å². The second-order valence-electron chi connectivity index (χ2n) is 19.1. The fourth-order valence-electron chi connectivity index (χ4n) is 13.1. The van der Waals surface area contributed by atoms with Crippen LogP contribution in [0.3, 0.4) is 0 Å². The Morgan fingerprint density at radius 3 is 2.29 bits per heavy atom. The number of benzene rings is 1. The van der Waals surface area contributed by atoms with Crippen molar-refractivity contribution in [3.63, 3.8) is 0 Å². The average Bonchev–Trinajstić information content (AvgIpc) is 3.38. The van der Waals surface area contributed by atoms with Gasteiger partial charge in [0.1, 0.15) is 6.10 Å². The Morgan fingerprint density at radius 2 is 1.62 bits per heavy atom. The van der Waals surface area contributed by atoms with Crippen LogP contribution in [-0.4, -0.2) is 23.1 Å². The molecule has 5 saturated carbocycles. The second kappa shape index (κ2) is 11.8. The van der Waals surface area contributed by atoms with Gasteiger partial charge in [0.05, 0.1) is 11.8 Å². The molecule has 48 heavy (non-hydrogen) atoms. The highest BCUT2D eigenvalue weighted by atomic mass is 16.5. The lowest BCUT2D eigenvalue weighted by Crippen LogP contribution is -2.66. The Balaban J connectivity index is 1.29. The highest BCUT2D eigenvalue weighted by Gasteiger charge is 2.71. The first-order chi connectivity index (χ1) is 22.3. The van der Waals surface area contributed by atoms with Crippen molar-refractivity contribution >= 4 is 11.9 Å². The zero-order valence-corrected chi connectivity index (χ0v) is 31.4.